The number of fused-ring (bicyclic) bond motifs is 2. The second-order valence-electron chi connectivity index (χ2n) is 11.5. The van der Waals surface area contributed by atoms with Crippen LogP contribution in [0.3, 0.4) is 0 Å². The minimum atomic E-state index is -0.485. The van der Waals surface area contributed by atoms with Gasteiger partial charge in [0.05, 0.1) is 12.2 Å². The van der Waals surface area contributed by atoms with Crippen LogP contribution in [0.15, 0.2) is 30.4 Å². The van der Waals surface area contributed by atoms with E-state index < -0.39 is 12.2 Å². The number of hydrogen-bond acceptors (Lipinski definition) is 5. The van der Waals surface area contributed by atoms with E-state index >= 15 is 0 Å². The van der Waals surface area contributed by atoms with Gasteiger partial charge in [-0.2, -0.15) is 0 Å². The first kappa shape index (κ1) is 23.7. The number of benzene rings is 1. The van der Waals surface area contributed by atoms with Gasteiger partial charge in [0.1, 0.15) is 0 Å². The summed E-state index contributed by atoms with van der Waals surface area (Å²) in [5.41, 5.74) is 1.90. The molecule has 1 aromatic rings. The molecule has 4 aliphatic rings. The van der Waals surface area contributed by atoms with E-state index in [-0.39, 0.29) is 23.5 Å². The van der Waals surface area contributed by atoms with Crippen LogP contribution in [-0.4, -0.2) is 41.7 Å². The standard InChI is InChI=1S/C28H39NO5/c1-17-4-6-21-20(10-13-29-26(32)18-5-7-23-24(14-18)34-16-33-23)22(9-12-27(17,21)2)28(3)11-8-19(30)15-25(28)31/h5,7,14,19-22,25,30-31H,1,4,6,8-13,15-16H2,2-3H3,(H,29,32)/t19-,20-,21-,22-,25-,27+,28-/m0/s1. The number of carbonyl (C=O) groups excluding carboxylic acids is 1. The minimum absolute atomic E-state index is 0.101. The molecule has 6 nitrogen and oxygen atoms in total. The van der Waals surface area contributed by atoms with E-state index in [1.54, 1.807) is 18.2 Å². The number of carbonyl (C=O) groups is 1. The lowest BCUT2D eigenvalue weighted by atomic mass is 9.50. The highest BCUT2D eigenvalue weighted by atomic mass is 16.7. The molecule has 0 saturated heterocycles. The highest BCUT2D eigenvalue weighted by Crippen LogP contribution is 2.63. The van der Waals surface area contributed by atoms with Gasteiger partial charge >= 0.3 is 0 Å². The molecule has 3 fully saturated rings. The van der Waals surface area contributed by atoms with E-state index in [0.717, 1.165) is 44.9 Å². The van der Waals surface area contributed by atoms with E-state index in [9.17, 15) is 15.0 Å². The number of allylic oxidation sites excluding steroid dienone is 1. The molecule has 7 atom stereocenters. The van der Waals surface area contributed by atoms with Crippen LogP contribution in [0.4, 0.5) is 0 Å². The van der Waals surface area contributed by atoms with E-state index in [4.69, 9.17) is 9.47 Å². The fourth-order valence-corrected chi connectivity index (χ4v) is 7.63. The summed E-state index contributed by atoms with van der Waals surface area (Å²) in [5, 5.41) is 24.4. The molecular formula is C28H39NO5. The molecule has 1 heterocycles. The van der Waals surface area contributed by atoms with Gasteiger partial charge in [-0.1, -0.05) is 26.0 Å². The van der Waals surface area contributed by atoms with Crippen molar-refractivity contribution in [1.82, 2.24) is 5.32 Å². The number of nitrogens with one attached hydrogen (secondary N) is 1. The Morgan fingerprint density at radius 2 is 1.91 bits per heavy atom. The summed E-state index contributed by atoms with van der Waals surface area (Å²) in [6, 6.07) is 5.29. The highest BCUT2D eigenvalue weighted by molar-refractivity contribution is 5.94. The Labute approximate surface area is 202 Å². The lowest BCUT2D eigenvalue weighted by Gasteiger charge is -2.55. The normalized spacial score (nSPS) is 39.1. The molecule has 6 heteroatoms. The van der Waals surface area contributed by atoms with Gasteiger partial charge in [-0.3, -0.25) is 4.79 Å². The molecule has 1 aromatic carbocycles. The lowest BCUT2D eigenvalue weighted by Crippen LogP contribution is -2.52. The van der Waals surface area contributed by atoms with Gasteiger partial charge in [0.15, 0.2) is 11.5 Å². The molecule has 0 unspecified atom stereocenters. The average Bonchev–Trinajstić information content (AvgIpc) is 3.40. The van der Waals surface area contributed by atoms with Crippen LogP contribution < -0.4 is 14.8 Å². The van der Waals surface area contributed by atoms with Crippen molar-refractivity contribution in [3.05, 3.63) is 35.9 Å². The first-order valence-electron chi connectivity index (χ1n) is 12.9. The number of aliphatic hydroxyl groups excluding tert-OH is 2. The van der Waals surface area contributed by atoms with Crippen molar-refractivity contribution in [3.63, 3.8) is 0 Å². The van der Waals surface area contributed by atoms with Crippen LogP contribution in [0.25, 0.3) is 0 Å². The molecule has 0 bridgehead atoms. The van der Waals surface area contributed by atoms with Crippen molar-refractivity contribution in [1.29, 1.82) is 0 Å². The van der Waals surface area contributed by atoms with Crippen LogP contribution in [0.2, 0.25) is 0 Å². The Morgan fingerprint density at radius 1 is 1.12 bits per heavy atom. The first-order chi connectivity index (χ1) is 16.2. The predicted molar refractivity (Wildman–Crippen MR) is 130 cm³/mol. The van der Waals surface area contributed by atoms with Crippen LogP contribution in [0, 0.1) is 28.6 Å². The Kier molecular flexibility index (Phi) is 6.18. The molecule has 3 saturated carbocycles. The molecule has 1 aliphatic heterocycles. The quantitative estimate of drug-likeness (QED) is 0.555. The predicted octanol–water partition coefficient (Wildman–Crippen LogP) is 4.45. The zero-order chi connectivity index (χ0) is 24.1. The first-order valence-corrected chi connectivity index (χ1v) is 12.9. The van der Waals surface area contributed by atoms with Crippen LogP contribution in [0.5, 0.6) is 11.5 Å². The second kappa shape index (κ2) is 8.87. The Balaban J connectivity index is 1.32. The van der Waals surface area contributed by atoms with Gasteiger partial charge < -0.3 is 25.0 Å². The van der Waals surface area contributed by atoms with Gasteiger partial charge in [-0.25, -0.2) is 0 Å². The Bertz CT molecular complexity index is 962. The topological polar surface area (TPSA) is 88.0 Å². The zero-order valence-corrected chi connectivity index (χ0v) is 20.5. The summed E-state index contributed by atoms with van der Waals surface area (Å²) >= 11 is 0. The van der Waals surface area contributed by atoms with E-state index in [0.29, 0.717) is 47.8 Å². The Morgan fingerprint density at radius 3 is 2.71 bits per heavy atom. The van der Waals surface area contributed by atoms with E-state index in [1.807, 2.05) is 0 Å². The number of ether oxygens (including phenoxy) is 2. The van der Waals surface area contributed by atoms with Crippen LogP contribution >= 0.6 is 0 Å². The largest absolute Gasteiger partial charge is 0.454 e. The third-order valence-corrected chi connectivity index (χ3v) is 9.91. The number of amides is 1. The molecular weight excluding hydrogens is 430 g/mol. The SMILES string of the molecule is C=C1CC[C@H]2[C@H](CCNC(=O)c3ccc4c(c3)OCO4)[C@@H]([C@]3(C)CC[C@H](O)C[C@@H]3O)CC[C@]12C. The molecule has 34 heavy (non-hydrogen) atoms. The van der Waals surface area contributed by atoms with Crippen molar-refractivity contribution in [2.75, 3.05) is 13.3 Å². The summed E-state index contributed by atoms with van der Waals surface area (Å²) in [4.78, 5) is 12.9. The summed E-state index contributed by atoms with van der Waals surface area (Å²) < 4.78 is 10.8. The van der Waals surface area contributed by atoms with Crippen LogP contribution in [0.1, 0.15) is 75.6 Å². The number of rotatable bonds is 5. The van der Waals surface area contributed by atoms with Gasteiger partial charge in [0.2, 0.25) is 6.79 Å². The molecule has 0 radical (unpaired) electrons. The van der Waals surface area contributed by atoms with Gasteiger partial charge in [-0.15, -0.1) is 0 Å². The van der Waals surface area contributed by atoms with Crippen molar-refractivity contribution in [2.24, 2.45) is 28.6 Å². The molecule has 3 N–H and O–H groups in total. The average molecular weight is 470 g/mol. The lowest BCUT2D eigenvalue weighted by molar-refractivity contribution is -0.120. The third-order valence-electron chi connectivity index (χ3n) is 9.91. The van der Waals surface area contributed by atoms with E-state index in [1.165, 1.54) is 5.57 Å². The third kappa shape index (κ3) is 3.93. The molecule has 1 amide bonds. The van der Waals surface area contributed by atoms with Gasteiger partial charge in [-0.05, 0) is 98.1 Å². The van der Waals surface area contributed by atoms with E-state index in [2.05, 4.69) is 25.7 Å². The fraction of sp³-hybridized carbons (Fsp3) is 0.679. The number of aliphatic hydroxyl groups is 2. The maximum absolute atomic E-state index is 12.9. The zero-order valence-electron chi connectivity index (χ0n) is 20.5. The van der Waals surface area contributed by atoms with Crippen molar-refractivity contribution in [2.45, 2.75) is 77.4 Å². The monoisotopic (exact) mass is 469 g/mol. The minimum Gasteiger partial charge on any atom is -0.454 e. The van der Waals surface area contributed by atoms with Crippen molar-refractivity contribution < 1.29 is 24.5 Å². The molecule has 3 aliphatic carbocycles. The molecule has 0 aromatic heterocycles. The summed E-state index contributed by atoms with van der Waals surface area (Å²) in [5.74, 6) is 2.49. The maximum Gasteiger partial charge on any atom is 0.251 e. The van der Waals surface area contributed by atoms with Crippen molar-refractivity contribution >= 4 is 5.91 Å². The fourth-order valence-electron chi connectivity index (χ4n) is 7.63. The molecule has 186 valence electrons. The summed E-state index contributed by atoms with van der Waals surface area (Å²) in [6.07, 6.45) is 6.48. The highest BCUT2D eigenvalue weighted by Gasteiger charge is 2.56. The second-order valence-corrected chi connectivity index (χ2v) is 11.5. The number of hydrogen-bond donors (Lipinski definition) is 3. The smallest absolute Gasteiger partial charge is 0.251 e. The maximum atomic E-state index is 12.9. The Hall–Kier alpha value is -2.05. The van der Waals surface area contributed by atoms with Crippen molar-refractivity contribution in [3.8, 4) is 11.5 Å². The van der Waals surface area contributed by atoms with Gasteiger partial charge in [0, 0.05) is 12.1 Å². The van der Waals surface area contributed by atoms with Crippen LogP contribution in [-0.2, 0) is 0 Å². The molecule has 0 spiro atoms. The summed E-state index contributed by atoms with van der Waals surface area (Å²) in [7, 11) is 0. The summed E-state index contributed by atoms with van der Waals surface area (Å²) in [6.45, 7) is 9.83. The van der Waals surface area contributed by atoms with Gasteiger partial charge in [0.25, 0.3) is 5.91 Å². The molecule has 5 rings (SSSR count).